The van der Waals surface area contributed by atoms with E-state index in [4.69, 9.17) is 4.42 Å². The highest BCUT2D eigenvalue weighted by molar-refractivity contribution is 4.89. The Bertz CT molecular complexity index is 276. The van der Waals surface area contributed by atoms with Crippen molar-refractivity contribution in [2.24, 2.45) is 0 Å². The van der Waals surface area contributed by atoms with Gasteiger partial charge in [-0.15, -0.1) is 10.2 Å². The fourth-order valence-corrected chi connectivity index (χ4v) is 1.17. The minimum absolute atomic E-state index is 0.0648. The summed E-state index contributed by atoms with van der Waals surface area (Å²) in [5.74, 6) is -0.202. The van der Waals surface area contributed by atoms with Crippen LogP contribution < -0.4 is 0 Å². The normalized spacial score (nSPS) is 13.5. The third-order valence-corrected chi connectivity index (χ3v) is 2.06. The van der Waals surface area contributed by atoms with Crippen LogP contribution in [0.1, 0.15) is 57.2 Å². The highest BCUT2D eigenvalue weighted by atomic mass is 19.3. The Hall–Kier alpha value is -1.00. The molecule has 0 fully saturated rings. The molecule has 0 saturated carbocycles. The van der Waals surface area contributed by atoms with Crippen LogP contribution in [-0.2, 0) is 0 Å². The number of hydrogen-bond donors (Lipinski definition) is 0. The van der Waals surface area contributed by atoms with Gasteiger partial charge in [0.15, 0.2) is 0 Å². The SMILES string of the molecule is CCCCC(C)c1nnc(C(F)F)o1. The average molecular weight is 204 g/mol. The van der Waals surface area contributed by atoms with Gasteiger partial charge < -0.3 is 4.42 Å². The van der Waals surface area contributed by atoms with Gasteiger partial charge in [0, 0.05) is 5.92 Å². The Balaban J connectivity index is 2.57. The molecule has 0 bridgehead atoms. The van der Waals surface area contributed by atoms with E-state index in [0.29, 0.717) is 5.89 Å². The second-order valence-electron chi connectivity index (χ2n) is 3.32. The molecule has 80 valence electrons. The number of rotatable bonds is 5. The maximum absolute atomic E-state index is 12.1. The van der Waals surface area contributed by atoms with Crippen molar-refractivity contribution in [1.29, 1.82) is 0 Å². The molecule has 14 heavy (non-hydrogen) atoms. The van der Waals surface area contributed by atoms with Crippen LogP contribution in [0, 0.1) is 0 Å². The molecule has 5 heteroatoms. The number of aromatic nitrogens is 2. The molecule has 0 spiro atoms. The summed E-state index contributed by atoms with van der Waals surface area (Å²) in [5, 5.41) is 6.87. The Morgan fingerprint density at radius 1 is 1.29 bits per heavy atom. The van der Waals surface area contributed by atoms with E-state index in [1.807, 2.05) is 6.92 Å². The predicted molar refractivity (Wildman–Crippen MR) is 47.2 cm³/mol. The molecular formula is C9H14F2N2O. The van der Waals surface area contributed by atoms with Gasteiger partial charge in [0.25, 0.3) is 5.89 Å². The van der Waals surface area contributed by atoms with E-state index in [-0.39, 0.29) is 5.92 Å². The Kier molecular flexibility index (Phi) is 3.98. The Morgan fingerprint density at radius 2 is 1.93 bits per heavy atom. The van der Waals surface area contributed by atoms with Gasteiger partial charge in [0.1, 0.15) is 0 Å². The van der Waals surface area contributed by atoms with Gasteiger partial charge >= 0.3 is 6.43 Å². The highest BCUT2D eigenvalue weighted by Gasteiger charge is 2.18. The van der Waals surface area contributed by atoms with Gasteiger partial charge in [0.2, 0.25) is 5.89 Å². The zero-order valence-corrected chi connectivity index (χ0v) is 8.33. The summed E-state index contributed by atoms with van der Waals surface area (Å²) in [5.41, 5.74) is 0. The fraction of sp³-hybridized carbons (Fsp3) is 0.778. The van der Waals surface area contributed by atoms with Crippen LogP contribution in [0.5, 0.6) is 0 Å². The summed E-state index contributed by atoms with van der Waals surface area (Å²) < 4.78 is 29.0. The zero-order chi connectivity index (χ0) is 10.6. The van der Waals surface area contributed by atoms with Crippen molar-refractivity contribution in [3.63, 3.8) is 0 Å². The van der Waals surface area contributed by atoms with Crippen molar-refractivity contribution in [3.8, 4) is 0 Å². The molecule has 0 amide bonds. The van der Waals surface area contributed by atoms with Crippen LogP contribution >= 0.6 is 0 Å². The minimum atomic E-state index is -2.67. The second-order valence-corrected chi connectivity index (χ2v) is 3.32. The minimum Gasteiger partial charge on any atom is -0.420 e. The number of unbranched alkanes of at least 4 members (excludes halogenated alkanes) is 1. The smallest absolute Gasteiger partial charge is 0.314 e. The van der Waals surface area contributed by atoms with Gasteiger partial charge in [-0.2, -0.15) is 8.78 Å². The monoisotopic (exact) mass is 204 g/mol. The lowest BCUT2D eigenvalue weighted by Crippen LogP contribution is -1.93. The highest BCUT2D eigenvalue weighted by Crippen LogP contribution is 2.23. The van der Waals surface area contributed by atoms with Crippen molar-refractivity contribution >= 4 is 0 Å². The number of nitrogens with zero attached hydrogens (tertiary/aromatic N) is 2. The van der Waals surface area contributed by atoms with Crippen molar-refractivity contribution in [2.45, 2.75) is 45.5 Å². The molecule has 1 aromatic heterocycles. The van der Waals surface area contributed by atoms with Crippen molar-refractivity contribution in [3.05, 3.63) is 11.8 Å². The first kappa shape index (κ1) is 11.1. The first-order valence-electron chi connectivity index (χ1n) is 4.76. The van der Waals surface area contributed by atoms with Crippen molar-refractivity contribution in [1.82, 2.24) is 10.2 Å². The number of alkyl halides is 2. The summed E-state index contributed by atoms with van der Waals surface area (Å²) >= 11 is 0. The van der Waals surface area contributed by atoms with Crippen molar-refractivity contribution < 1.29 is 13.2 Å². The van der Waals surface area contributed by atoms with E-state index in [2.05, 4.69) is 17.1 Å². The molecule has 0 radical (unpaired) electrons. The van der Waals surface area contributed by atoms with Gasteiger partial charge in [-0.25, -0.2) is 0 Å². The second kappa shape index (κ2) is 5.02. The molecular weight excluding hydrogens is 190 g/mol. The predicted octanol–water partition coefficient (Wildman–Crippen LogP) is 3.30. The van der Waals surface area contributed by atoms with Gasteiger partial charge in [-0.05, 0) is 6.42 Å². The molecule has 0 aliphatic carbocycles. The Morgan fingerprint density at radius 3 is 2.43 bits per heavy atom. The van der Waals surface area contributed by atoms with Crippen LogP contribution in [-0.4, -0.2) is 10.2 Å². The summed E-state index contributed by atoms with van der Waals surface area (Å²) in [6.07, 6.45) is 0.324. The molecule has 3 nitrogen and oxygen atoms in total. The summed E-state index contributed by atoms with van der Waals surface area (Å²) in [6, 6.07) is 0. The lowest BCUT2D eigenvalue weighted by Gasteiger charge is -2.03. The summed E-state index contributed by atoms with van der Waals surface area (Å²) in [7, 11) is 0. The van der Waals surface area contributed by atoms with Crippen molar-refractivity contribution in [2.75, 3.05) is 0 Å². The van der Waals surface area contributed by atoms with Crippen LogP contribution in [0.3, 0.4) is 0 Å². The molecule has 1 unspecified atom stereocenters. The standard InChI is InChI=1S/C9H14F2N2O/c1-3-4-5-6(2)8-12-13-9(14-8)7(10)11/h6-7H,3-5H2,1-2H3. The van der Waals surface area contributed by atoms with E-state index in [1.54, 1.807) is 0 Å². The molecule has 1 atom stereocenters. The fourth-order valence-electron chi connectivity index (χ4n) is 1.17. The van der Waals surface area contributed by atoms with Crippen LogP contribution in [0.2, 0.25) is 0 Å². The largest absolute Gasteiger partial charge is 0.420 e. The van der Waals surface area contributed by atoms with Gasteiger partial charge in [0.05, 0.1) is 0 Å². The van der Waals surface area contributed by atoms with E-state index >= 15 is 0 Å². The molecule has 1 rings (SSSR count). The molecule has 1 aromatic rings. The first-order valence-corrected chi connectivity index (χ1v) is 4.76. The molecule has 0 saturated heterocycles. The third kappa shape index (κ3) is 2.75. The van der Waals surface area contributed by atoms with Crippen LogP contribution in [0.15, 0.2) is 4.42 Å². The maximum atomic E-state index is 12.1. The summed E-state index contributed by atoms with van der Waals surface area (Å²) in [4.78, 5) is 0. The molecule has 0 aromatic carbocycles. The van der Waals surface area contributed by atoms with E-state index in [1.165, 1.54) is 0 Å². The molecule has 0 aliphatic heterocycles. The quantitative estimate of drug-likeness (QED) is 0.738. The maximum Gasteiger partial charge on any atom is 0.314 e. The van der Waals surface area contributed by atoms with Gasteiger partial charge in [-0.1, -0.05) is 26.7 Å². The molecule has 1 heterocycles. The first-order chi connectivity index (χ1) is 6.65. The molecule has 0 N–H and O–H groups in total. The third-order valence-electron chi connectivity index (χ3n) is 2.06. The van der Waals surface area contributed by atoms with E-state index < -0.39 is 12.3 Å². The van der Waals surface area contributed by atoms with Crippen LogP contribution in [0.4, 0.5) is 8.78 Å². The van der Waals surface area contributed by atoms with E-state index in [9.17, 15) is 8.78 Å². The molecule has 0 aliphatic rings. The number of hydrogen-bond acceptors (Lipinski definition) is 3. The average Bonchev–Trinajstić information content (AvgIpc) is 2.62. The number of halogens is 2. The lowest BCUT2D eigenvalue weighted by atomic mass is 10.1. The Labute approximate surface area is 81.5 Å². The van der Waals surface area contributed by atoms with E-state index in [0.717, 1.165) is 19.3 Å². The lowest BCUT2D eigenvalue weighted by molar-refractivity contribution is 0.112. The van der Waals surface area contributed by atoms with Crippen LogP contribution in [0.25, 0.3) is 0 Å². The topological polar surface area (TPSA) is 38.9 Å². The zero-order valence-electron chi connectivity index (χ0n) is 8.33. The van der Waals surface area contributed by atoms with Gasteiger partial charge in [-0.3, -0.25) is 0 Å². The summed E-state index contributed by atoms with van der Waals surface area (Å²) in [6.45, 7) is 3.98.